The van der Waals surface area contributed by atoms with Gasteiger partial charge in [-0.05, 0) is 49.7 Å². The summed E-state index contributed by atoms with van der Waals surface area (Å²) in [4.78, 5) is 25.3. The Morgan fingerprint density at radius 2 is 1.79 bits per heavy atom. The summed E-state index contributed by atoms with van der Waals surface area (Å²) in [6, 6.07) is 8.31. The number of alkyl halides is 3. The van der Waals surface area contributed by atoms with Crippen molar-refractivity contribution in [1.82, 2.24) is 4.98 Å². The molecule has 0 radical (unpaired) electrons. The Morgan fingerprint density at radius 1 is 1.13 bits per heavy atom. The molecule has 0 aliphatic heterocycles. The van der Waals surface area contributed by atoms with Gasteiger partial charge in [-0.25, -0.2) is 9.18 Å². The molecule has 2 aromatic carbocycles. The minimum absolute atomic E-state index is 0.00266. The zero-order valence-corrected chi connectivity index (χ0v) is 21.2. The van der Waals surface area contributed by atoms with Gasteiger partial charge in [-0.1, -0.05) is 24.6 Å². The Hall–Kier alpha value is -3.57. The lowest BCUT2D eigenvalue weighted by molar-refractivity contribution is -0.274. The van der Waals surface area contributed by atoms with Gasteiger partial charge in [-0.15, -0.1) is 0 Å². The fraction of sp³-hybridized carbons (Fsp3) is 0.308. The Morgan fingerprint density at radius 3 is 2.39 bits per heavy atom. The average molecular weight is 558 g/mol. The van der Waals surface area contributed by atoms with E-state index >= 15 is 0 Å². The molecule has 3 aromatic rings. The van der Waals surface area contributed by atoms with Crippen molar-refractivity contribution in [1.29, 1.82) is 0 Å². The first kappa shape index (κ1) is 29.0. The molecule has 0 bridgehead atoms. The second kappa shape index (κ2) is 11.4. The van der Waals surface area contributed by atoms with E-state index in [0.717, 1.165) is 25.3 Å². The lowest BCUT2D eigenvalue weighted by Crippen LogP contribution is -2.47. The summed E-state index contributed by atoms with van der Waals surface area (Å²) in [5, 5.41) is 10.8. The van der Waals surface area contributed by atoms with Crippen molar-refractivity contribution in [2.45, 2.75) is 38.5 Å². The predicted octanol–water partition coefficient (Wildman–Crippen LogP) is 5.76. The van der Waals surface area contributed by atoms with Gasteiger partial charge in [0.25, 0.3) is 5.56 Å². The van der Waals surface area contributed by atoms with Crippen LogP contribution in [0.4, 0.5) is 17.6 Å². The summed E-state index contributed by atoms with van der Waals surface area (Å²) in [7, 11) is 0. The number of hydrogen-bond acceptors (Lipinski definition) is 6. The molecule has 2 unspecified atom stereocenters. The molecule has 7 nitrogen and oxygen atoms in total. The molecule has 0 saturated carbocycles. The molecule has 3 rings (SSSR count). The maximum absolute atomic E-state index is 14.2. The van der Waals surface area contributed by atoms with Crippen LogP contribution >= 0.6 is 11.6 Å². The number of rotatable bonds is 9. The van der Waals surface area contributed by atoms with Crippen molar-refractivity contribution in [2.24, 2.45) is 0 Å². The molecule has 0 aliphatic rings. The number of esters is 1. The summed E-state index contributed by atoms with van der Waals surface area (Å²) in [5.41, 5.74) is -4.55. The smallest absolute Gasteiger partial charge is 0.422 e. The van der Waals surface area contributed by atoms with Gasteiger partial charge in [0, 0.05) is 34.3 Å². The van der Waals surface area contributed by atoms with Gasteiger partial charge in [0.1, 0.15) is 11.5 Å². The highest BCUT2D eigenvalue weighted by molar-refractivity contribution is 6.31. The quantitative estimate of drug-likeness (QED) is 0.256. The van der Waals surface area contributed by atoms with Crippen molar-refractivity contribution in [3.8, 4) is 17.2 Å². The normalized spacial score (nSPS) is 13.9. The number of aromatic nitrogens is 1. The third-order valence-corrected chi connectivity index (χ3v) is 6.14. The van der Waals surface area contributed by atoms with Crippen LogP contribution in [0.3, 0.4) is 0 Å². The fourth-order valence-corrected chi connectivity index (χ4v) is 4.09. The highest BCUT2D eigenvalue weighted by atomic mass is 35.5. The SMILES string of the molecule is CCOC(=O)COc1cc(Oc2ccc(C(C)C(O)(c3c[nH]c(=O)c(C)c3)C(F)(F)F)c(Cl)c2)ccc1F. The van der Waals surface area contributed by atoms with E-state index in [-0.39, 0.29) is 40.0 Å². The third kappa shape index (κ3) is 6.11. The van der Waals surface area contributed by atoms with Gasteiger partial charge in [-0.2, -0.15) is 13.2 Å². The number of benzene rings is 2. The summed E-state index contributed by atoms with van der Waals surface area (Å²) < 4.78 is 72.1. The molecule has 0 aliphatic carbocycles. The zero-order chi connectivity index (χ0) is 28.3. The molecule has 38 heavy (non-hydrogen) atoms. The van der Waals surface area contributed by atoms with Crippen LogP contribution in [0.1, 0.15) is 36.5 Å². The Kier molecular flexibility index (Phi) is 8.73. The van der Waals surface area contributed by atoms with Crippen LogP contribution in [0.15, 0.2) is 53.5 Å². The molecule has 0 amide bonds. The lowest BCUT2D eigenvalue weighted by Gasteiger charge is -2.37. The lowest BCUT2D eigenvalue weighted by atomic mass is 9.78. The number of hydrogen-bond donors (Lipinski definition) is 2. The number of carbonyl (C=O) groups is 1. The molecule has 1 aromatic heterocycles. The van der Waals surface area contributed by atoms with Gasteiger partial charge in [0.15, 0.2) is 23.8 Å². The van der Waals surface area contributed by atoms with Crippen molar-refractivity contribution in [3.05, 3.63) is 86.5 Å². The maximum atomic E-state index is 14.2. The van der Waals surface area contributed by atoms with E-state index in [4.69, 9.17) is 25.8 Å². The number of carbonyl (C=O) groups excluding carboxylic acids is 1. The zero-order valence-electron chi connectivity index (χ0n) is 20.5. The van der Waals surface area contributed by atoms with Crippen molar-refractivity contribution < 1.29 is 41.7 Å². The standard InChI is InChI=1S/C26H24ClF4NO6/c1-4-36-23(33)13-37-22-11-18(6-8-21(22)28)38-17-5-7-19(20(27)10-17)15(3)25(35,26(29,30)31)16-9-14(2)24(34)32-12-16/h5-12,15,35H,4,13H2,1-3H3,(H,32,34). The highest BCUT2D eigenvalue weighted by Crippen LogP contribution is 2.50. The van der Waals surface area contributed by atoms with Crippen LogP contribution in [0.2, 0.25) is 5.02 Å². The van der Waals surface area contributed by atoms with Gasteiger partial charge in [-0.3, -0.25) is 4.79 Å². The number of pyridine rings is 1. The third-order valence-electron chi connectivity index (χ3n) is 5.82. The molecule has 0 fully saturated rings. The van der Waals surface area contributed by atoms with Crippen LogP contribution in [0.25, 0.3) is 0 Å². The first-order valence-corrected chi connectivity index (χ1v) is 11.7. The number of ether oxygens (including phenoxy) is 3. The number of halogens is 5. The van der Waals surface area contributed by atoms with Crippen LogP contribution in [0.5, 0.6) is 17.2 Å². The van der Waals surface area contributed by atoms with Gasteiger partial charge >= 0.3 is 12.1 Å². The number of aryl methyl sites for hydroxylation is 1. The Labute approximate surface area is 219 Å². The van der Waals surface area contributed by atoms with E-state index in [1.165, 1.54) is 37.3 Å². The van der Waals surface area contributed by atoms with Gasteiger partial charge in [0.2, 0.25) is 0 Å². The van der Waals surface area contributed by atoms with Crippen LogP contribution < -0.4 is 15.0 Å². The minimum atomic E-state index is -5.12. The number of nitrogens with one attached hydrogen (secondary N) is 1. The highest BCUT2D eigenvalue weighted by Gasteiger charge is 2.59. The molecule has 1 heterocycles. The molecular formula is C26H24ClF4NO6. The van der Waals surface area contributed by atoms with Crippen LogP contribution in [-0.4, -0.2) is 35.4 Å². The van der Waals surface area contributed by atoms with E-state index < -0.39 is 47.2 Å². The van der Waals surface area contributed by atoms with Crippen molar-refractivity contribution in [2.75, 3.05) is 13.2 Å². The molecule has 2 N–H and O–H groups in total. The summed E-state index contributed by atoms with van der Waals surface area (Å²) in [6.45, 7) is 3.70. The Bertz CT molecular complexity index is 1380. The maximum Gasteiger partial charge on any atom is 0.422 e. The second-order valence-corrected chi connectivity index (χ2v) is 8.76. The van der Waals surface area contributed by atoms with Gasteiger partial charge in [0.05, 0.1) is 6.61 Å². The number of aliphatic hydroxyl groups is 1. The molecule has 0 saturated heterocycles. The number of aromatic amines is 1. The van der Waals surface area contributed by atoms with E-state index in [1.54, 1.807) is 6.92 Å². The van der Waals surface area contributed by atoms with E-state index in [9.17, 15) is 32.3 Å². The largest absolute Gasteiger partial charge is 0.479 e. The van der Waals surface area contributed by atoms with E-state index in [1.807, 2.05) is 0 Å². The Balaban J connectivity index is 1.88. The number of H-pyrrole nitrogens is 1. The fourth-order valence-electron chi connectivity index (χ4n) is 3.76. The minimum Gasteiger partial charge on any atom is -0.479 e. The van der Waals surface area contributed by atoms with Gasteiger partial charge < -0.3 is 24.3 Å². The van der Waals surface area contributed by atoms with Crippen LogP contribution in [-0.2, 0) is 15.1 Å². The summed E-state index contributed by atoms with van der Waals surface area (Å²) in [5.74, 6) is -3.12. The van der Waals surface area contributed by atoms with Crippen LogP contribution in [0, 0.1) is 12.7 Å². The second-order valence-electron chi connectivity index (χ2n) is 8.36. The average Bonchev–Trinajstić information content (AvgIpc) is 2.84. The summed E-state index contributed by atoms with van der Waals surface area (Å²) in [6.07, 6.45) is -4.30. The molecule has 12 heteroatoms. The summed E-state index contributed by atoms with van der Waals surface area (Å²) >= 11 is 6.31. The first-order chi connectivity index (χ1) is 17.8. The van der Waals surface area contributed by atoms with Crippen molar-refractivity contribution >= 4 is 17.6 Å². The predicted molar refractivity (Wildman–Crippen MR) is 130 cm³/mol. The van der Waals surface area contributed by atoms with E-state index in [2.05, 4.69) is 4.98 Å². The molecule has 204 valence electrons. The van der Waals surface area contributed by atoms with E-state index in [0.29, 0.717) is 0 Å². The first-order valence-electron chi connectivity index (χ1n) is 11.3. The monoisotopic (exact) mass is 557 g/mol. The molecular weight excluding hydrogens is 534 g/mol. The topological polar surface area (TPSA) is 97.8 Å². The molecule has 2 atom stereocenters. The molecule has 0 spiro atoms. The van der Waals surface area contributed by atoms with Crippen molar-refractivity contribution in [3.63, 3.8) is 0 Å².